The summed E-state index contributed by atoms with van der Waals surface area (Å²) in [6, 6.07) is 3.56. The van der Waals surface area contributed by atoms with E-state index in [4.69, 9.17) is 16.1 Å². The molecule has 106 valence electrons. The highest BCUT2D eigenvalue weighted by Crippen LogP contribution is 2.36. The normalized spacial score (nSPS) is 18.1. The minimum atomic E-state index is -0.0161. The molecule has 1 aliphatic rings. The largest absolute Gasteiger partial charge is 0.338 e. The molecular weight excluding hydrogens is 276 g/mol. The zero-order chi connectivity index (χ0) is 14.0. The van der Waals surface area contributed by atoms with E-state index in [2.05, 4.69) is 27.4 Å². The Hall–Kier alpha value is -1.46. The van der Waals surface area contributed by atoms with Crippen LogP contribution in [0.25, 0.3) is 11.5 Å². The van der Waals surface area contributed by atoms with Gasteiger partial charge in [-0.15, -0.1) is 0 Å². The molecule has 0 saturated carbocycles. The van der Waals surface area contributed by atoms with E-state index in [0.717, 1.165) is 32.4 Å². The number of pyridine rings is 1. The van der Waals surface area contributed by atoms with Crippen molar-refractivity contribution in [2.24, 2.45) is 0 Å². The van der Waals surface area contributed by atoms with Crippen LogP contribution in [0.2, 0.25) is 5.02 Å². The maximum absolute atomic E-state index is 6.13. The standard InChI is InChI=1S/C14H17ClN4O/c1-2-14(5-8-16-9-6-14)13-18-12(19-20-13)11-10(15)4-3-7-17-11/h3-4,7,16H,2,5-6,8-9H2,1H3. The second-order valence-electron chi connectivity index (χ2n) is 5.14. The Morgan fingerprint density at radius 2 is 2.20 bits per heavy atom. The van der Waals surface area contributed by atoms with E-state index in [1.165, 1.54) is 0 Å². The molecule has 0 unspecified atom stereocenters. The fourth-order valence-electron chi connectivity index (χ4n) is 2.71. The van der Waals surface area contributed by atoms with Gasteiger partial charge in [-0.2, -0.15) is 4.98 Å². The van der Waals surface area contributed by atoms with Gasteiger partial charge < -0.3 is 9.84 Å². The van der Waals surface area contributed by atoms with Crippen LogP contribution < -0.4 is 5.32 Å². The van der Waals surface area contributed by atoms with Crippen LogP contribution in [0.5, 0.6) is 0 Å². The molecular formula is C14H17ClN4O. The topological polar surface area (TPSA) is 63.8 Å². The van der Waals surface area contributed by atoms with Gasteiger partial charge in [0.1, 0.15) is 5.69 Å². The van der Waals surface area contributed by atoms with Crippen LogP contribution in [0.4, 0.5) is 0 Å². The van der Waals surface area contributed by atoms with Crippen molar-refractivity contribution in [3.05, 3.63) is 29.2 Å². The molecule has 3 rings (SSSR count). The minimum absolute atomic E-state index is 0.0161. The first-order chi connectivity index (χ1) is 9.75. The number of halogens is 1. The van der Waals surface area contributed by atoms with Crippen molar-refractivity contribution in [2.45, 2.75) is 31.6 Å². The summed E-state index contributed by atoms with van der Waals surface area (Å²) in [7, 11) is 0. The Morgan fingerprint density at radius 1 is 1.40 bits per heavy atom. The van der Waals surface area contributed by atoms with Gasteiger partial charge in [0.15, 0.2) is 0 Å². The van der Waals surface area contributed by atoms with E-state index >= 15 is 0 Å². The minimum Gasteiger partial charge on any atom is -0.338 e. The maximum Gasteiger partial charge on any atom is 0.233 e. The predicted octanol–water partition coefficient (Wildman–Crippen LogP) is 2.82. The monoisotopic (exact) mass is 292 g/mol. The second-order valence-corrected chi connectivity index (χ2v) is 5.55. The Morgan fingerprint density at radius 3 is 2.90 bits per heavy atom. The molecule has 0 radical (unpaired) electrons. The molecule has 0 aliphatic carbocycles. The van der Waals surface area contributed by atoms with Crippen molar-refractivity contribution in [1.29, 1.82) is 0 Å². The molecule has 1 N–H and O–H groups in total. The average molecular weight is 293 g/mol. The molecule has 2 aromatic heterocycles. The molecule has 1 fully saturated rings. The number of rotatable bonds is 3. The zero-order valence-corrected chi connectivity index (χ0v) is 12.2. The van der Waals surface area contributed by atoms with E-state index in [-0.39, 0.29) is 5.41 Å². The first-order valence-electron chi connectivity index (χ1n) is 6.91. The molecule has 0 amide bonds. The summed E-state index contributed by atoms with van der Waals surface area (Å²) in [5, 5.41) is 7.97. The van der Waals surface area contributed by atoms with Crippen LogP contribution in [0, 0.1) is 0 Å². The van der Waals surface area contributed by atoms with Crippen molar-refractivity contribution < 1.29 is 4.52 Å². The smallest absolute Gasteiger partial charge is 0.233 e. The first-order valence-corrected chi connectivity index (χ1v) is 7.29. The van der Waals surface area contributed by atoms with Gasteiger partial charge in [0.25, 0.3) is 0 Å². The Bertz CT molecular complexity index is 592. The van der Waals surface area contributed by atoms with E-state index in [1.54, 1.807) is 18.3 Å². The molecule has 6 heteroatoms. The molecule has 0 spiro atoms. The van der Waals surface area contributed by atoms with Gasteiger partial charge in [-0.1, -0.05) is 23.7 Å². The third-order valence-corrected chi connectivity index (χ3v) is 4.39. The lowest BCUT2D eigenvalue weighted by Gasteiger charge is -2.33. The van der Waals surface area contributed by atoms with Gasteiger partial charge in [-0.25, -0.2) is 0 Å². The van der Waals surface area contributed by atoms with Gasteiger partial charge in [0.05, 0.1) is 10.4 Å². The highest BCUT2D eigenvalue weighted by Gasteiger charge is 2.37. The van der Waals surface area contributed by atoms with Gasteiger partial charge in [0.2, 0.25) is 11.7 Å². The lowest BCUT2D eigenvalue weighted by atomic mass is 9.76. The molecule has 0 aromatic carbocycles. The van der Waals surface area contributed by atoms with Crippen LogP contribution in [-0.4, -0.2) is 28.2 Å². The number of nitrogens with one attached hydrogen (secondary N) is 1. The highest BCUT2D eigenvalue weighted by atomic mass is 35.5. The molecule has 1 aliphatic heterocycles. The quantitative estimate of drug-likeness (QED) is 0.942. The number of hydrogen-bond acceptors (Lipinski definition) is 5. The van der Waals surface area contributed by atoms with Crippen LogP contribution in [0.3, 0.4) is 0 Å². The maximum atomic E-state index is 6.13. The van der Waals surface area contributed by atoms with E-state index in [9.17, 15) is 0 Å². The van der Waals surface area contributed by atoms with Crippen molar-refractivity contribution in [2.75, 3.05) is 13.1 Å². The molecule has 2 aromatic rings. The third-order valence-electron chi connectivity index (χ3n) is 4.09. The lowest BCUT2D eigenvalue weighted by Crippen LogP contribution is -2.39. The van der Waals surface area contributed by atoms with Crippen LogP contribution in [-0.2, 0) is 5.41 Å². The molecule has 0 atom stereocenters. The van der Waals surface area contributed by atoms with Gasteiger partial charge in [0, 0.05) is 6.20 Å². The summed E-state index contributed by atoms with van der Waals surface area (Å²) < 4.78 is 5.52. The second kappa shape index (κ2) is 5.50. The van der Waals surface area contributed by atoms with Crippen molar-refractivity contribution in [3.63, 3.8) is 0 Å². The molecule has 3 heterocycles. The summed E-state index contributed by atoms with van der Waals surface area (Å²) in [6.45, 7) is 4.13. The van der Waals surface area contributed by atoms with E-state index < -0.39 is 0 Å². The number of nitrogens with zero attached hydrogens (tertiary/aromatic N) is 3. The summed E-state index contributed by atoms with van der Waals surface area (Å²) in [4.78, 5) is 8.78. The lowest BCUT2D eigenvalue weighted by molar-refractivity contribution is 0.216. The number of piperidine rings is 1. The van der Waals surface area contributed by atoms with Crippen LogP contribution >= 0.6 is 11.6 Å². The molecule has 1 saturated heterocycles. The molecule has 5 nitrogen and oxygen atoms in total. The van der Waals surface area contributed by atoms with Gasteiger partial charge >= 0.3 is 0 Å². The summed E-state index contributed by atoms with van der Waals surface area (Å²) in [5.41, 5.74) is 0.557. The summed E-state index contributed by atoms with van der Waals surface area (Å²) in [6.07, 6.45) is 4.70. The van der Waals surface area contributed by atoms with E-state index in [1.807, 2.05) is 0 Å². The third kappa shape index (κ3) is 2.31. The Balaban J connectivity index is 1.95. The van der Waals surface area contributed by atoms with Crippen molar-refractivity contribution >= 4 is 11.6 Å². The highest BCUT2D eigenvalue weighted by molar-refractivity contribution is 6.32. The van der Waals surface area contributed by atoms with Crippen molar-refractivity contribution in [3.8, 4) is 11.5 Å². The number of aromatic nitrogens is 3. The fourth-order valence-corrected chi connectivity index (χ4v) is 2.92. The van der Waals surface area contributed by atoms with Gasteiger partial charge in [-0.3, -0.25) is 4.98 Å². The van der Waals surface area contributed by atoms with Gasteiger partial charge in [-0.05, 0) is 44.5 Å². The number of hydrogen-bond donors (Lipinski definition) is 1. The predicted molar refractivity (Wildman–Crippen MR) is 76.6 cm³/mol. The van der Waals surface area contributed by atoms with Crippen molar-refractivity contribution in [1.82, 2.24) is 20.4 Å². The summed E-state index contributed by atoms with van der Waals surface area (Å²) in [5.74, 6) is 1.18. The summed E-state index contributed by atoms with van der Waals surface area (Å²) >= 11 is 6.13. The van der Waals surface area contributed by atoms with E-state index in [0.29, 0.717) is 22.4 Å². The SMILES string of the molecule is CCC1(c2nc(-c3ncccc3Cl)no2)CCNCC1. The Kier molecular flexibility index (Phi) is 3.72. The Labute approximate surface area is 122 Å². The molecule has 0 bridgehead atoms. The fraction of sp³-hybridized carbons (Fsp3) is 0.500. The molecule has 20 heavy (non-hydrogen) atoms. The van der Waals surface area contributed by atoms with Crippen LogP contribution in [0.15, 0.2) is 22.9 Å². The zero-order valence-electron chi connectivity index (χ0n) is 11.4. The average Bonchev–Trinajstić information content (AvgIpc) is 2.98. The first kappa shape index (κ1) is 13.5. The van der Waals surface area contributed by atoms with Crippen LogP contribution in [0.1, 0.15) is 32.1 Å².